The lowest BCUT2D eigenvalue weighted by Gasteiger charge is -2.28. The summed E-state index contributed by atoms with van der Waals surface area (Å²) in [5.41, 5.74) is 1.67. The monoisotopic (exact) mass is 393 g/mol. The van der Waals surface area contributed by atoms with Crippen molar-refractivity contribution in [3.8, 4) is 5.75 Å². The van der Waals surface area contributed by atoms with E-state index in [1.165, 1.54) is 0 Å². The van der Waals surface area contributed by atoms with Crippen molar-refractivity contribution >= 4 is 27.1 Å². The van der Waals surface area contributed by atoms with Crippen LogP contribution in [0.5, 0.6) is 5.75 Å². The van der Waals surface area contributed by atoms with Gasteiger partial charge in [0.15, 0.2) is 9.84 Å². The summed E-state index contributed by atoms with van der Waals surface area (Å²) < 4.78 is 29.3. The molecule has 5 nitrogen and oxygen atoms in total. The number of hydrogen-bond donors (Lipinski definition) is 0. The molecule has 1 atom stereocenters. The summed E-state index contributed by atoms with van der Waals surface area (Å²) >= 11 is 1.59. The average molecular weight is 394 g/mol. The van der Waals surface area contributed by atoms with Crippen LogP contribution in [0.2, 0.25) is 0 Å². The van der Waals surface area contributed by atoms with Crippen LogP contribution >= 0.6 is 11.3 Å². The number of benzene rings is 1. The Morgan fingerprint density at radius 1 is 1.27 bits per heavy atom. The highest BCUT2D eigenvalue weighted by Gasteiger charge is 2.35. The first kappa shape index (κ1) is 18.9. The molecule has 0 spiro atoms. The van der Waals surface area contributed by atoms with E-state index in [0.717, 1.165) is 10.4 Å². The van der Waals surface area contributed by atoms with Crippen molar-refractivity contribution < 1.29 is 17.9 Å². The Bertz CT molecular complexity index is 871. The number of ether oxygens (including phenoxy) is 1. The number of hydrogen-bond acceptors (Lipinski definition) is 5. The fraction of sp³-hybridized carbons (Fsp3) is 0.421. The average Bonchev–Trinajstić information content (AvgIpc) is 3.18. The maximum atomic E-state index is 13.1. The van der Waals surface area contributed by atoms with Gasteiger partial charge in [0.1, 0.15) is 5.75 Å². The molecule has 1 saturated heterocycles. The Hall–Kier alpha value is -1.86. The van der Waals surface area contributed by atoms with E-state index in [0.29, 0.717) is 30.9 Å². The zero-order valence-corrected chi connectivity index (χ0v) is 16.6. The molecule has 0 unspecified atom stereocenters. The summed E-state index contributed by atoms with van der Waals surface area (Å²) in [6, 6.07) is 8.77. The number of nitrogens with zero attached hydrogens (tertiary/aromatic N) is 1. The molecule has 2 heterocycles. The van der Waals surface area contributed by atoms with E-state index in [2.05, 4.69) is 0 Å². The number of amides is 1. The van der Waals surface area contributed by atoms with Gasteiger partial charge in [-0.3, -0.25) is 4.79 Å². The second-order valence-corrected chi connectivity index (χ2v) is 9.70. The van der Waals surface area contributed by atoms with E-state index in [1.54, 1.807) is 40.5 Å². The van der Waals surface area contributed by atoms with Crippen molar-refractivity contribution in [2.45, 2.75) is 32.9 Å². The molecule has 0 aliphatic carbocycles. The van der Waals surface area contributed by atoms with E-state index in [-0.39, 0.29) is 23.5 Å². The minimum atomic E-state index is -3.07. The molecule has 26 heavy (non-hydrogen) atoms. The van der Waals surface area contributed by atoms with Crippen molar-refractivity contribution in [1.29, 1.82) is 0 Å². The maximum absolute atomic E-state index is 13.1. The highest BCUT2D eigenvalue weighted by atomic mass is 32.2. The van der Waals surface area contributed by atoms with Crippen LogP contribution in [-0.2, 0) is 16.4 Å². The van der Waals surface area contributed by atoms with Gasteiger partial charge in [0.2, 0.25) is 0 Å². The van der Waals surface area contributed by atoms with Gasteiger partial charge >= 0.3 is 0 Å². The molecular weight excluding hydrogens is 370 g/mol. The third-order valence-electron chi connectivity index (χ3n) is 4.60. The van der Waals surface area contributed by atoms with Crippen LogP contribution in [0.3, 0.4) is 0 Å². The molecule has 1 amide bonds. The summed E-state index contributed by atoms with van der Waals surface area (Å²) in [4.78, 5) is 16.0. The molecule has 140 valence electrons. The first-order valence-electron chi connectivity index (χ1n) is 8.67. The molecule has 1 aromatic heterocycles. The van der Waals surface area contributed by atoms with E-state index in [1.807, 2.05) is 25.3 Å². The first-order valence-corrected chi connectivity index (χ1v) is 11.4. The third-order valence-corrected chi connectivity index (χ3v) is 7.36. The minimum absolute atomic E-state index is 0.0419. The first-order chi connectivity index (χ1) is 12.4. The largest absolute Gasteiger partial charge is 0.494 e. The minimum Gasteiger partial charge on any atom is -0.494 e. The summed E-state index contributed by atoms with van der Waals surface area (Å²) in [7, 11) is -3.07. The Morgan fingerprint density at radius 2 is 2.00 bits per heavy atom. The van der Waals surface area contributed by atoms with Gasteiger partial charge in [-0.25, -0.2) is 8.42 Å². The van der Waals surface area contributed by atoms with Crippen molar-refractivity contribution in [1.82, 2.24) is 4.90 Å². The van der Waals surface area contributed by atoms with Crippen molar-refractivity contribution in [3.05, 3.63) is 51.7 Å². The normalized spacial score (nSPS) is 18.6. The lowest BCUT2D eigenvalue weighted by atomic mass is 10.1. The predicted molar refractivity (Wildman–Crippen MR) is 104 cm³/mol. The number of sulfone groups is 1. The summed E-state index contributed by atoms with van der Waals surface area (Å²) in [6.07, 6.45) is 0.496. The SMILES string of the molecule is CCOc1ccc(C(=O)N(Cc2sccc2C)[C@@H]2CCS(=O)(=O)C2)cc1. The van der Waals surface area contributed by atoms with Crippen molar-refractivity contribution in [2.24, 2.45) is 0 Å². The fourth-order valence-electron chi connectivity index (χ4n) is 3.13. The van der Waals surface area contributed by atoms with Gasteiger partial charge in [0.05, 0.1) is 24.7 Å². The lowest BCUT2D eigenvalue weighted by molar-refractivity contribution is 0.0683. The van der Waals surface area contributed by atoms with Gasteiger partial charge in [-0.15, -0.1) is 11.3 Å². The van der Waals surface area contributed by atoms with Gasteiger partial charge in [0.25, 0.3) is 5.91 Å². The van der Waals surface area contributed by atoms with Crippen LogP contribution in [0.25, 0.3) is 0 Å². The second-order valence-electron chi connectivity index (χ2n) is 6.47. The van der Waals surface area contributed by atoms with Crippen LogP contribution in [0.4, 0.5) is 0 Å². The van der Waals surface area contributed by atoms with Gasteiger partial charge in [0, 0.05) is 16.5 Å². The van der Waals surface area contributed by atoms with Crippen LogP contribution in [0.15, 0.2) is 35.7 Å². The number of carbonyl (C=O) groups excluding carboxylic acids is 1. The zero-order chi connectivity index (χ0) is 18.7. The van der Waals surface area contributed by atoms with Gasteiger partial charge in [-0.2, -0.15) is 0 Å². The molecule has 2 aromatic rings. The molecule has 0 radical (unpaired) electrons. The molecule has 1 aliphatic rings. The van der Waals surface area contributed by atoms with E-state index in [4.69, 9.17) is 4.74 Å². The molecule has 1 aliphatic heterocycles. The highest BCUT2D eigenvalue weighted by Crippen LogP contribution is 2.26. The Balaban J connectivity index is 1.86. The second kappa shape index (κ2) is 7.80. The van der Waals surface area contributed by atoms with Gasteiger partial charge < -0.3 is 9.64 Å². The molecule has 0 bridgehead atoms. The quantitative estimate of drug-likeness (QED) is 0.755. The molecule has 1 aromatic carbocycles. The maximum Gasteiger partial charge on any atom is 0.254 e. The van der Waals surface area contributed by atoms with Crippen LogP contribution < -0.4 is 4.74 Å². The summed E-state index contributed by atoms with van der Waals surface area (Å²) in [5.74, 6) is 0.769. The molecule has 3 rings (SSSR count). The zero-order valence-electron chi connectivity index (χ0n) is 15.0. The number of aryl methyl sites for hydroxylation is 1. The van der Waals surface area contributed by atoms with E-state index >= 15 is 0 Å². The molecular formula is C19H23NO4S2. The van der Waals surface area contributed by atoms with Crippen molar-refractivity contribution in [3.63, 3.8) is 0 Å². The number of rotatable bonds is 6. The topological polar surface area (TPSA) is 63.7 Å². The predicted octanol–water partition coefficient (Wildman–Crippen LogP) is 3.28. The highest BCUT2D eigenvalue weighted by molar-refractivity contribution is 7.91. The Morgan fingerprint density at radius 3 is 2.54 bits per heavy atom. The lowest BCUT2D eigenvalue weighted by Crippen LogP contribution is -2.40. The molecule has 0 N–H and O–H groups in total. The van der Waals surface area contributed by atoms with Gasteiger partial charge in [-0.1, -0.05) is 0 Å². The molecule has 0 saturated carbocycles. The summed E-state index contributed by atoms with van der Waals surface area (Å²) in [5, 5.41) is 2.00. The smallest absolute Gasteiger partial charge is 0.254 e. The van der Waals surface area contributed by atoms with E-state index < -0.39 is 9.84 Å². The third kappa shape index (κ3) is 4.27. The fourth-order valence-corrected chi connectivity index (χ4v) is 5.77. The Kier molecular flexibility index (Phi) is 5.67. The molecule has 1 fully saturated rings. The van der Waals surface area contributed by atoms with Gasteiger partial charge in [-0.05, 0) is 61.5 Å². The number of thiophene rings is 1. The van der Waals surface area contributed by atoms with Crippen LogP contribution in [0.1, 0.15) is 34.1 Å². The number of carbonyl (C=O) groups is 1. The van der Waals surface area contributed by atoms with Crippen LogP contribution in [0, 0.1) is 6.92 Å². The molecule has 7 heteroatoms. The summed E-state index contributed by atoms with van der Waals surface area (Å²) in [6.45, 7) is 4.92. The van der Waals surface area contributed by atoms with Crippen molar-refractivity contribution in [2.75, 3.05) is 18.1 Å². The standard InChI is InChI=1S/C19H23NO4S2/c1-3-24-17-6-4-15(5-7-17)19(21)20(12-18-14(2)8-10-25-18)16-9-11-26(22,23)13-16/h4-8,10,16H,3,9,11-13H2,1-2H3/t16-/m1/s1. The Labute approximate surface area is 158 Å². The van der Waals surface area contributed by atoms with Crippen LogP contribution in [-0.4, -0.2) is 43.4 Å². The van der Waals surface area contributed by atoms with E-state index in [9.17, 15) is 13.2 Å².